The van der Waals surface area contributed by atoms with Crippen molar-refractivity contribution in [3.8, 4) is 0 Å². The second kappa shape index (κ2) is 4.17. The van der Waals surface area contributed by atoms with E-state index in [9.17, 15) is 0 Å². The maximum absolute atomic E-state index is 2.41. The summed E-state index contributed by atoms with van der Waals surface area (Å²) in [5, 5.41) is 0. The summed E-state index contributed by atoms with van der Waals surface area (Å²) in [5.41, 5.74) is 0.979. The molecular formula is C9H22Si. The normalized spacial score (nSPS) is 12.6. The Labute approximate surface area is 67.0 Å². The highest BCUT2D eigenvalue weighted by Crippen LogP contribution is 2.31. The first kappa shape index (κ1) is 10.2. The van der Waals surface area contributed by atoms with Gasteiger partial charge in [0.05, 0.1) is 8.07 Å². The molecule has 62 valence electrons. The van der Waals surface area contributed by atoms with E-state index in [1.54, 1.807) is 0 Å². The second-order valence-corrected chi connectivity index (χ2v) is 9.58. The molecule has 0 unspecified atom stereocenters. The maximum Gasteiger partial charge on any atom is 0.0553 e. The van der Waals surface area contributed by atoms with E-state index in [1.165, 1.54) is 18.1 Å². The maximum atomic E-state index is 2.41. The molecule has 0 heterocycles. The van der Waals surface area contributed by atoms with Crippen LogP contribution in [0.3, 0.4) is 0 Å². The van der Waals surface area contributed by atoms with E-state index in [0.717, 1.165) is 5.54 Å². The van der Waals surface area contributed by atoms with Gasteiger partial charge in [0, 0.05) is 0 Å². The molecule has 0 rings (SSSR count). The number of hydrogen-bond donors (Lipinski definition) is 0. The molecule has 0 aromatic carbocycles. The fourth-order valence-electron chi connectivity index (χ4n) is 1.97. The van der Waals surface area contributed by atoms with E-state index in [1.807, 2.05) is 0 Å². The molecule has 0 atom stereocenters. The molecule has 0 N–H and O–H groups in total. The van der Waals surface area contributed by atoms with Crippen molar-refractivity contribution < 1.29 is 0 Å². The van der Waals surface area contributed by atoms with Crippen LogP contribution in [-0.4, -0.2) is 8.07 Å². The minimum Gasteiger partial charge on any atom is -0.0678 e. The average molecular weight is 158 g/mol. The summed E-state index contributed by atoms with van der Waals surface area (Å²) in [6.07, 6.45) is 0. The van der Waals surface area contributed by atoms with Crippen LogP contribution in [0.2, 0.25) is 23.7 Å². The first-order valence-electron chi connectivity index (χ1n) is 4.63. The summed E-state index contributed by atoms with van der Waals surface area (Å²) in [6.45, 7) is 11.9. The third-order valence-electron chi connectivity index (χ3n) is 3.34. The zero-order chi connectivity index (χ0) is 8.20. The topological polar surface area (TPSA) is 0 Å². The van der Waals surface area contributed by atoms with Gasteiger partial charge in [-0.3, -0.25) is 0 Å². The number of hydrogen-bond acceptors (Lipinski definition) is 0. The van der Waals surface area contributed by atoms with Gasteiger partial charge in [0.2, 0.25) is 0 Å². The molecule has 0 amide bonds. The first-order chi connectivity index (χ1) is 4.63. The Morgan fingerprint density at radius 3 is 1.20 bits per heavy atom. The van der Waals surface area contributed by atoms with Crippen molar-refractivity contribution in [1.29, 1.82) is 0 Å². The zero-order valence-electron chi connectivity index (χ0n) is 8.20. The average Bonchev–Trinajstić information content (AvgIpc) is 1.92. The minimum absolute atomic E-state index is 0.795. The molecule has 0 aromatic heterocycles. The summed E-state index contributed by atoms with van der Waals surface area (Å²) in [5.74, 6) is 0. The van der Waals surface area contributed by atoms with Crippen molar-refractivity contribution in [2.24, 2.45) is 0 Å². The van der Waals surface area contributed by atoms with Crippen molar-refractivity contribution in [1.82, 2.24) is 0 Å². The molecule has 0 aliphatic heterocycles. The highest BCUT2D eigenvalue weighted by atomic mass is 28.3. The molecule has 0 fully saturated rings. The Balaban J connectivity index is 4.15. The SMILES string of the molecule is CC[Si](CC)(CC)C(C)C. The lowest BCUT2D eigenvalue weighted by atomic mass is 10.6. The van der Waals surface area contributed by atoms with Gasteiger partial charge in [-0.25, -0.2) is 0 Å². The molecule has 0 aliphatic rings. The highest BCUT2D eigenvalue weighted by Gasteiger charge is 2.29. The van der Waals surface area contributed by atoms with Gasteiger partial charge in [0.15, 0.2) is 0 Å². The van der Waals surface area contributed by atoms with E-state index in [-0.39, 0.29) is 0 Å². The first-order valence-corrected chi connectivity index (χ1v) is 7.32. The fourth-order valence-corrected chi connectivity index (χ4v) is 5.92. The van der Waals surface area contributed by atoms with Crippen LogP contribution in [0.1, 0.15) is 34.6 Å². The van der Waals surface area contributed by atoms with Gasteiger partial charge in [0.25, 0.3) is 0 Å². The monoisotopic (exact) mass is 158 g/mol. The minimum atomic E-state index is -0.795. The van der Waals surface area contributed by atoms with Gasteiger partial charge in [-0.15, -0.1) is 0 Å². The number of rotatable bonds is 4. The molecule has 0 bridgehead atoms. The van der Waals surface area contributed by atoms with Crippen molar-refractivity contribution in [3.05, 3.63) is 0 Å². The molecule has 0 spiro atoms. The van der Waals surface area contributed by atoms with Gasteiger partial charge in [-0.1, -0.05) is 58.3 Å². The summed E-state index contributed by atoms with van der Waals surface area (Å²) in [7, 11) is -0.795. The van der Waals surface area contributed by atoms with Crippen LogP contribution in [-0.2, 0) is 0 Å². The van der Waals surface area contributed by atoms with Crippen molar-refractivity contribution >= 4 is 8.07 Å². The second-order valence-electron chi connectivity index (χ2n) is 3.58. The van der Waals surface area contributed by atoms with Gasteiger partial charge >= 0.3 is 0 Å². The molecule has 1 heteroatoms. The van der Waals surface area contributed by atoms with E-state index >= 15 is 0 Å². The molecular weight excluding hydrogens is 136 g/mol. The van der Waals surface area contributed by atoms with Crippen LogP contribution in [0.15, 0.2) is 0 Å². The zero-order valence-corrected chi connectivity index (χ0v) is 9.20. The lowest BCUT2D eigenvalue weighted by Crippen LogP contribution is -2.34. The van der Waals surface area contributed by atoms with Crippen LogP contribution in [0.25, 0.3) is 0 Å². The summed E-state index contributed by atoms with van der Waals surface area (Å²) in [6, 6.07) is 4.41. The molecule has 0 aliphatic carbocycles. The van der Waals surface area contributed by atoms with Crippen LogP contribution in [0.5, 0.6) is 0 Å². The van der Waals surface area contributed by atoms with Crippen molar-refractivity contribution in [2.75, 3.05) is 0 Å². The molecule has 0 saturated heterocycles. The third kappa shape index (κ3) is 1.85. The van der Waals surface area contributed by atoms with Crippen molar-refractivity contribution in [3.63, 3.8) is 0 Å². The molecule has 0 radical (unpaired) electrons. The summed E-state index contributed by atoms with van der Waals surface area (Å²) < 4.78 is 0. The molecule has 0 aromatic rings. The molecule has 0 nitrogen and oxygen atoms in total. The van der Waals surface area contributed by atoms with Crippen LogP contribution in [0.4, 0.5) is 0 Å². The van der Waals surface area contributed by atoms with Gasteiger partial charge in [-0.2, -0.15) is 0 Å². The molecule has 0 saturated carbocycles. The van der Waals surface area contributed by atoms with Gasteiger partial charge in [0.1, 0.15) is 0 Å². The summed E-state index contributed by atoms with van der Waals surface area (Å²) in [4.78, 5) is 0. The van der Waals surface area contributed by atoms with Crippen LogP contribution < -0.4 is 0 Å². The predicted octanol–water partition coefficient (Wildman–Crippen LogP) is 3.90. The largest absolute Gasteiger partial charge is 0.0678 e. The van der Waals surface area contributed by atoms with Crippen LogP contribution >= 0.6 is 0 Å². The Morgan fingerprint density at radius 1 is 0.900 bits per heavy atom. The van der Waals surface area contributed by atoms with E-state index in [0.29, 0.717) is 0 Å². The van der Waals surface area contributed by atoms with Gasteiger partial charge in [-0.05, 0) is 0 Å². The molecule has 10 heavy (non-hydrogen) atoms. The quantitative estimate of drug-likeness (QED) is 0.544. The lowest BCUT2D eigenvalue weighted by Gasteiger charge is -2.32. The van der Waals surface area contributed by atoms with E-state index in [2.05, 4.69) is 34.6 Å². The fraction of sp³-hybridized carbons (Fsp3) is 1.00. The predicted molar refractivity (Wildman–Crippen MR) is 52.3 cm³/mol. The Morgan fingerprint density at radius 2 is 1.20 bits per heavy atom. The third-order valence-corrected chi connectivity index (χ3v) is 10.0. The van der Waals surface area contributed by atoms with Gasteiger partial charge < -0.3 is 0 Å². The smallest absolute Gasteiger partial charge is 0.0553 e. The van der Waals surface area contributed by atoms with E-state index in [4.69, 9.17) is 0 Å². The van der Waals surface area contributed by atoms with E-state index < -0.39 is 8.07 Å². The Kier molecular flexibility index (Phi) is 4.26. The lowest BCUT2D eigenvalue weighted by molar-refractivity contribution is 0.941. The van der Waals surface area contributed by atoms with Crippen molar-refractivity contribution in [2.45, 2.75) is 58.3 Å². The Bertz CT molecular complexity index is 74.5. The van der Waals surface area contributed by atoms with Crippen LogP contribution in [0, 0.1) is 0 Å². The highest BCUT2D eigenvalue weighted by molar-refractivity contribution is 6.80. The standard InChI is InChI=1S/C9H22Si/c1-6-10(7-2,8-3)9(4)5/h9H,6-8H2,1-5H3. The summed E-state index contributed by atoms with van der Waals surface area (Å²) >= 11 is 0. The Hall–Kier alpha value is 0.217.